The molecule has 0 aliphatic carbocycles. The fraction of sp³-hybridized carbons (Fsp3) is 0.316. The first-order chi connectivity index (χ1) is 12.4. The molecule has 1 heterocycles. The first kappa shape index (κ1) is 18.3. The van der Waals surface area contributed by atoms with Gasteiger partial charge in [0.25, 0.3) is 0 Å². The Bertz CT molecular complexity index is 908. The molecule has 3 rings (SSSR count). The number of hydrogen-bond acceptors (Lipinski definition) is 4. The summed E-state index contributed by atoms with van der Waals surface area (Å²) in [7, 11) is -1.65. The van der Waals surface area contributed by atoms with Crippen LogP contribution in [-0.2, 0) is 21.2 Å². The van der Waals surface area contributed by atoms with E-state index in [1.54, 1.807) is 19.2 Å². The fourth-order valence-electron chi connectivity index (χ4n) is 2.95. The van der Waals surface area contributed by atoms with Gasteiger partial charge in [0.15, 0.2) is 0 Å². The number of anilines is 2. The summed E-state index contributed by atoms with van der Waals surface area (Å²) in [6.45, 7) is 2.36. The Balaban J connectivity index is 1.74. The average Bonchev–Trinajstić information content (AvgIpc) is 2.97. The van der Waals surface area contributed by atoms with Crippen LogP contribution in [-0.4, -0.2) is 33.7 Å². The highest BCUT2D eigenvalue weighted by Crippen LogP contribution is 2.28. The third-order valence-electron chi connectivity index (χ3n) is 4.41. The Kier molecular flexibility index (Phi) is 5.18. The number of sulfonamides is 1. The first-order valence-corrected chi connectivity index (χ1v) is 10.0. The summed E-state index contributed by atoms with van der Waals surface area (Å²) in [5.41, 5.74) is 2.98. The van der Waals surface area contributed by atoms with Crippen LogP contribution in [0.4, 0.5) is 11.4 Å². The first-order valence-electron chi connectivity index (χ1n) is 8.43. The number of hydrogen-bond donors (Lipinski definition) is 1. The van der Waals surface area contributed by atoms with Crippen molar-refractivity contribution in [1.82, 2.24) is 0 Å². The van der Waals surface area contributed by atoms with Gasteiger partial charge in [0.05, 0.1) is 25.0 Å². The number of amides is 1. The Morgan fingerprint density at radius 3 is 2.54 bits per heavy atom. The summed E-state index contributed by atoms with van der Waals surface area (Å²) in [5.74, 6) is 0.754. The van der Waals surface area contributed by atoms with Gasteiger partial charge in [0, 0.05) is 12.2 Å². The van der Waals surface area contributed by atoms with Crippen LogP contribution < -0.4 is 14.4 Å². The molecule has 2 aromatic rings. The highest BCUT2D eigenvalue weighted by Gasteiger charge is 2.28. The molecule has 0 aromatic heterocycles. The molecule has 7 heteroatoms. The molecule has 1 N–H and O–H groups in total. The second-order valence-electron chi connectivity index (χ2n) is 6.31. The van der Waals surface area contributed by atoms with Crippen LogP contribution in [0.3, 0.4) is 0 Å². The van der Waals surface area contributed by atoms with Crippen LogP contribution in [0.15, 0.2) is 42.5 Å². The smallest absolute Gasteiger partial charge is 0.235 e. The molecule has 6 nitrogen and oxygen atoms in total. The normalized spacial score (nSPS) is 15.7. The van der Waals surface area contributed by atoms with E-state index in [0.717, 1.165) is 16.9 Å². The molecule has 138 valence electrons. The minimum atomic E-state index is -3.24. The van der Waals surface area contributed by atoms with Crippen molar-refractivity contribution in [3.8, 4) is 5.75 Å². The van der Waals surface area contributed by atoms with Gasteiger partial charge in [0.2, 0.25) is 15.9 Å². The van der Waals surface area contributed by atoms with Gasteiger partial charge >= 0.3 is 0 Å². The maximum Gasteiger partial charge on any atom is 0.235 e. The molecule has 0 spiro atoms. The van der Waals surface area contributed by atoms with E-state index < -0.39 is 10.0 Å². The van der Waals surface area contributed by atoms with Crippen LogP contribution in [0.2, 0.25) is 0 Å². The van der Waals surface area contributed by atoms with E-state index in [9.17, 15) is 13.2 Å². The molecule has 1 aliphatic heterocycles. The third-order valence-corrected chi connectivity index (χ3v) is 6.28. The van der Waals surface area contributed by atoms with Gasteiger partial charge < -0.3 is 10.1 Å². The van der Waals surface area contributed by atoms with E-state index in [0.29, 0.717) is 24.3 Å². The van der Waals surface area contributed by atoms with Crippen LogP contribution in [0, 0.1) is 6.92 Å². The molecule has 0 atom stereocenters. The van der Waals surface area contributed by atoms with E-state index in [4.69, 9.17) is 4.74 Å². The van der Waals surface area contributed by atoms with Crippen molar-refractivity contribution in [2.75, 3.05) is 29.0 Å². The lowest BCUT2D eigenvalue weighted by molar-refractivity contribution is -0.115. The number of rotatable bonds is 5. The summed E-state index contributed by atoms with van der Waals surface area (Å²) in [5, 5.41) is 2.89. The van der Waals surface area contributed by atoms with E-state index in [2.05, 4.69) is 5.32 Å². The molecule has 1 saturated heterocycles. The summed E-state index contributed by atoms with van der Waals surface area (Å²) in [4.78, 5) is 12.4. The van der Waals surface area contributed by atoms with Gasteiger partial charge in [-0.25, -0.2) is 8.42 Å². The zero-order chi connectivity index (χ0) is 18.7. The van der Waals surface area contributed by atoms with Crippen LogP contribution in [0.1, 0.15) is 17.5 Å². The second-order valence-corrected chi connectivity index (χ2v) is 8.33. The predicted octanol–water partition coefficient (Wildman–Crippen LogP) is 2.72. The lowest BCUT2D eigenvalue weighted by Crippen LogP contribution is -2.25. The second kappa shape index (κ2) is 7.37. The highest BCUT2D eigenvalue weighted by molar-refractivity contribution is 7.93. The highest BCUT2D eigenvalue weighted by atomic mass is 32.2. The Morgan fingerprint density at radius 2 is 1.92 bits per heavy atom. The third kappa shape index (κ3) is 3.99. The molecule has 1 aliphatic rings. The van der Waals surface area contributed by atoms with Crippen molar-refractivity contribution in [1.29, 1.82) is 0 Å². The average molecular weight is 374 g/mol. The molecule has 0 bridgehead atoms. The Labute approximate surface area is 153 Å². The van der Waals surface area contributed by atoms with Crippen LogP contribution in [0.5, 0.6) is 5.75 Å². The molecule has 0 unspecified atom stereocenters. The van der Waals surface area contributed by atoms with Crippen molar-refractivity contribution >= 4 is 27.3 Å². The van der Waals surface area contributed by atoms with E-state index in [1.165, 1.54) is 4.31 Å². The number of aryl methyl sites for hydroxylation is 1. The van der Waals surface area contributed by atoms with E-state index >= 15 is 0 Å². The summed E-state index contributed by atoms with van der Waals surface area (Å²) in [6, 6.07) is 12.6. The number of nitrogens with one attached hydrogen (secondary N) is 1. The zero-order valence-corrected chi connectivity index (χ0v) is 15.7. The minimum absolute atomic E-state index is 0.153. The summed E-state index contributed by atoms with van der Waals surface area (Å²) < 4.78 is 30.7. The topological polar surface area (TPSA) is 75.7 Å². The molecule has 0 saturated carbocycles. The molecule has 0 radical (unpaired) electrons. The van der Waals surface area contributed by atoms with Gasteiger partial charge in [-0.1, -0.05) is 18.2 Å². The van der Waals surface area contributed by atoms with Crippen molar-refractivity contribution in [3.63, 3.8) is 0 Å². The van der Waals surface area contributed by atoms with E-state index in [1.807, 2.05) is 37.3 Å². The van der Waals surface area contributed by atoms with Crippen LogP contribution in [0.25, 0.3) is 0 Å². The summed E-state index contributed by atoms with van der Waals surface area (Å²) in [6.07, 6.45) is 0.852. The monoisotopic (exact) mass is 374 g/mol. The maximum atomic E-state index is 12.4. The largest absolute Gasteiger partial charge is 0.497 e. The van der Waals surface area contributed by atoms with Crippen molar-refractivity contribution in [2.24, 2.45) is 0 Å². The van der Waals surface area contributed by atoms with Crippen LogP contribution >= 0.6 is 0 Å². The van der Waals surface area contributed by atoms with Gasteiger partial charge in [0.1, 0.15) is 5.75 Å². The number of ether oxygens (including phenoxy) is 1. The molecular weight excluding hydrogens is 352 g/mol. The zero-order valence-electron chi connectivity index (χ0n) is 14.9. The molecule has 2 aromatic carbocycles. The van der Waals surface area contributed by atoms with Gasteiger partial charge in [-0.3, -0.25) is 9.10 Å². The quantitative estimate of drug-likeness (QED) is 0.873. The van der Waals surface area contributed by atoms with Crippen molar-refractivity contribution in [3.05, 3.63) is 53.6 Å². The molecule has 1 fully saturated rings. The maximum absolute atomic E-state index is 12.4. The van der Waals surface area contributed by atoms with Gasteiger partial charge in [-0.15, -0.1) is 0 Å². The molecule has 1 amide bonds. The van der Waals surface area contributed by atoms with Crippen molar-refractivity contribution < 1.29 is 17.9 Å². The number of nitrogens with zero attached hydrogens (tertiary/aromatic N) is 1. The lowest BCUT2D eigenvalue weighted by Gasteiger charge is -2.19. The number of benzene rings is 2. The SMILES string of the molecule is COc1ccc(CC(=O)Nc2cc(N3CCCS3(=O)=O)ccc2C)cc1. The summed E-state index contributed by atoms with van der Waals surface area (Å²) >= 11 is 0. The van der Waals surface area contributed by atoms with E-state index in [-0.39, 0.29) is 18.1 Å². The predicted molar refractivity (Wildman–Crippen MR) is 102 cm³/mol. The molecular formula is C19H22N2O4S. The number of carbonyl (C=O) groups excluding carboxylic acids is 1. The standard InChI is InChI=1S/C19H22N2O4S/c1-14-4-7-16(21-10-3-11-26(21,23)24)13-18(14)20-19(22)12-15-5-8-17(25-2)9-6-15/h4-9,13H,3,10-12H2,1-2H3,(H,20,22). The number of carbonyl (C=O) groups is 1. The lowest BCUT2D eigenvalue weighted by atomic mass is 10.1. The van der Waals surface area contributed by atoms with Gasteiger partial charge in [-0.05, 0) is 48.7 Å². The Morgan fingerprint density at radius 1 is 1.19 bits per heavy atom. The fourth-order valence-corrected chi connectivity index (χ4v) is 4.51. The Hall–Kier alpha value is -2.54. The number of methoxy groups -OCH3 is 1. The minimum Gasteiger partial charge on any atom is -0.497 e. The molecule has 26 heavy (non-hydrogen) atoms. The van der Waals surface area contributed by atoms with Gasteiger partial charge in [-0.2, -0.15) is 0 Å². The van der Waals surface area contributed by atoms with Crippen molar-refractivity contribution in [2.45, 2.75) is 19.8 Å².